The summed E-state index contributed by atoms with van der Waals surface area (Å²) in [5.41, 5.74) is 0.320. The molecular weight excluding hydrogens is 279 g/mol. The van der Waals surface area contributed by atoms with Gasteiger partial charge in [-0.05, 0) is 31.3 Å². The predicted molar refractivity (Wildman–Crippen MR) is 71.9 cm³/mol. The lowest BCUT2D eigenvalue weighted by atomic mass is 10.2. The van der Waals surface area contributed by atoms with Crippen molar-refractivity contribution in [3.05, 3.63) is 30.1 Å². The van der Waals surface area contributed by atoms with E-state index in [9.17, 15) is 18.8 Å². The van der Waals surface area contributed by atoms with E-state index in [1.54, 1.807) is 7.05 Å². The second-order valence-electron chi connectivity index (χ2n) is 4.75. The Kier molecular flexibility index (Phi) is 4.32. The molecule has 112 valence electrons. The van der Waals surface area contributed by atoms with E-state index in [0.29, 0.717) is 5.69 Å². The van der Waals surface area contributed by atoms with E-state index in [0.717, 1.165) is 4.90 Å². The fraction of sp³-hybridized carbons (Fsp3) is 0.357. The van der Waals surface area contributed by atoms with Gasteiger partial charge in [0, 0.05) is 0 Å². The number of rotatable bonds is 4. The van der Waals surface area contributed by atoms with Crippen LogP contribution in [0.5, 0.6) is 0 Å². The van der Waals surface area contributed by atoms with Crippen molar-refractivity contribution in [1.82, 2.24) is 4.90 Å². The molecule has 0 radical (unpaired) electrons. The number of carbonyl (C=O) groups is 3. The number of benzene rings is 1. The van der Waals surface area contributed by atoms with Crippen LogP contribution in [0.3, 0.4) is 0 Å². The molecule has 1 atom stereocenters. The highest BCUT2D eigenvalue weighted by Crippen LogP contribution is 2.25. The highest BCUT2D eigenvalue weighted by atomic mass is 19.1. The topological polar surface area (TPSA) is 66.9 Å². The minimum absolute atomic E-state index is 0.0241. The third-order valence-electron chi connectivity index (χ3n) is 3.35. The number of hydrogen-bond acceptors (Lipinski definition) is 5. The van der Waals surface area contributed by atoms with Crippen LogP contribution in [0, 0.1) is 5.82 Å². The van der Waals surface area contributed by atoms with Gasteiger partial charge < -0.3 is 4.74 Å². The van der Waals surface area contributed by atoms with Gasteiger partial charge in [-0.25, -0.2) is 9.29 Å². The number of imide groups is 1. The van der Waals surface area contributed by atoms with Gasteiger partial charge in [-0.1, -0.05) is 0 Å². The van der Waals surface area contributed by atoms with E-state index in [1.165, 1.54) is 36.3 Å². The van der Waals surface area contributed by atoms with Gasteiger partial charge >= 0.3 is 5.97 Å². The number of esters is 1. The maximum absolute atomic E-state index is 12.9. The van der Waals surface area contributed by atoms with Crippen LogP contribution in [0.4, 0.5) is 10.1 Å². The van der Waals surface area contributed by atoms with Crippen molar-refractivity contribution in [1.29, 1.82) is 0 Å². The molecule has 1 aromatic rings. The first-order chi connectivity index (χ1) is 9.93. The summed E-state index contributed by atoms with van der Waals surface area (Å²) >= 11 is 0. The van der Waals surface area contributed by atoms with Crippen LogP contribution in [0.25, 0.3) is 0 Å². The van der Waals surface area contributed by atoms with Crippen molar-refractivity contribution in [3.63, 3.8) is 0 Å². The SMILES string of the molecule is COC(=O)CN(C)C1CC(=O)N(c2ccc(F)cc2)C1=O. The molecule has 2 amide bonds. The molecular formula is C14H15FN2O4. The second-order valence-corrected chi connectivity index (χ2v) is 4.75. The molecule has 1 aliphatic rings. The van der Waals surface area contributed by atoms with Crippen molar-refractivity contribution >= 4 is 23.5 Å². The number of halogens is 1. The Morgan fingerprint density at radius 3 is 2.57 bits per heavy atom. The molecule has 0 N–H and O–H groups in total. The lowest BCUT2D eigenvalue weighted by Gasteiger charge is -2.21. The maximum Gasteiger partial charge on any atom is 0.319 e. The predicted octanol–water partition coefficient (Wildman–Crippen LogP) is 0.562. The quantitative estimate of drug-likeness (QED) is 0.600. The van der Waals surface area contributed by atoms with Crippen LogP contribution in [0.15, 0.2) is 24.3 Å². The summed E-state index contributed by atoms with van der Waals surface area (Å²) in [5.74, 6) is -1.75. The van der Waals surface area contributed by atoms with Crippen LogP contribution in [-0.2, 0) is 19.1 Å². The monoisotopic (exact) mass is 294 g/mol. The second kappa shape index (κ2) is 6.01. The highest BCUT2D eigenvalue weighted by molar-refractivity contribution is 6.22. The van der Waals surface area contributed by atoms with Gasteiger partial charge in [0.05, 0.1) is 31.8 Å². The van der Waals surface area contributed by atoms with Crippen LogP contribution in [0.2, 0.25) is 0 Å². The van der Waals surface area contributed by atoms with Crippen molar-refractivity contribution in [2.75, 3.05) is 25.6 Å². The zero-order chi connectivity index (χ0) is 15.6. The first-order valence-corrected chi connectivity index (χ1v) is 6.33. The molecule has 0 aliphatic carbocycles. The van der Waals surface area contributed by atoms with E-state index in [1.807, 2.05) is 0 Å². The lowest BCUT2D eigenvalue weighted by molar-refractivity contribution is -0.142. The van der Waals surface area contributed by atoms with Crippen molar-refractivity contribution in [2.45, 2.75) is 12.5 Å². The largest absolute Gasteiger partial charge is 0.468 e. The Hall–Kier alpha value is -2.28. The molecule has 0 bridgehead atoms. The molecule has 1 heterocycles. The summed E-state index contributed by atoms with van der Waals surface area (Å²) in [6, 6.07) is 4.38. The van der Waals surface area contributed by atoms with Crippen LogP contribution >= 0.6 is 0 Å². The molecule has 2 rings (SSSR count). The van der Waals surface area contributed by atoms with Crippen LogP contribution < -0.4 is 4.90 Å². The first-order valence-electron chi connectivity index (χ1n) is 6.33. The summed E-state index contributed by atoms with van der Waals surface area (Å²) in [6.07, 6.45) is -0.0241. The molecule has 7 heteroatoms. The van der Waals surface area contributed by atoms with Gasteiger partial charge in [-0.3, -0.25) is 19.3 Å². The number of likely N-dealkylation sites (N-methyl/N-ethyl adjacent to an activating group) is 1. The molecule has 21 heavy (non-hydrogen) atoms. The smallest absolute Gasteiger partial charge is 0.319 e. The minimum Gasteiger partial charge on any atom is -0.468 e. The number of anilines is 1. The van der Waals surface area contributed by atoms with Crippen molar-refractivity contribution in [3.8, 4) is 0 Å². The minimum atomic E-state index is -0.721. The number of amides is 2. The van der Waals surface area contributed by atoms with Gasteiger partial charge in [-0.2, -0.15) is 0 Å². The van der Waals surface area contributed by atoms with Crippen molar-refractivity contribution in [2.24, 2.45) is 0 Å². The normalized spacial score (nSPS) is 18.5. The number of nitrogens with zero attached hydrogens (tertiary/aromatic N) is 2. The van der Waals surface area contributed by atoms with Gasteiger partial charge in [0.15, 0.2) is 0 Å². The van der Waals surface area contributed by atoms with E-state index in [2.05, 4.69) is 4.74 Å². The molecule has 1 unspecified atom stereocenters. The molecule has 0 aromatic heterocycles. The average Bonchev–Trinajstić information content (AvgIpc) is 2.75. The molecule has 0 saturated carbocycles. The van der Waals surface area contributed by atoms with Gasteiger partial charge in [0.25, 0.3) is 5.91 Å². The fourth-order valence-electron chi connectivity index (χ4n) is 2.20. The third kappa shape index (κ3) is 3.08. The zero-order valence-corrected chi connectivity index (χ0v) is 11.7. The molecule has 6 nitrogen and oxygen atoms in total. The fourth-order valence-corrected chi connectivity index (χ4v) is 2.20. The summed E-state index contributed by atoms with van der Waals surface area (Å²) in [5, 5.41) is 0. The van der Waals surface area contributed by atoms with Crippen LogP contribution in [-0.4, -0.2) is 49.4 Å². The lowest BCUT2D eigenvalue weighted by Crippen LogP contribution is -2.42. The van der Waals surface area contributed by atoms with E-state index in [-0.39, 0.29) is 18.9 Å². The molecule has 1 fully saturated rings. The third-order valence-corrected chi connectivity index (χ3v) is 3.35. The Morgan fingerprint density at radius 1 is 1.38 bits per heavy atom. The Balaban J connectivity index is 2.16. The zero-order valence-electron chi connectivity index (χ0n) is 11.7. The summed E-state index contributed by atoms with van der Waals surface area (Å²) in [4.78, 5) is 38.1. The number of hydrogen-bond donors (Lipinski definition) is 0. The average molecular weight is 294 g/mol. The number of ether oxygens (including phenoxy) is 1. The van der Waals surface area contributed by atoms with Crippen molar-refractivity contribution < 1.29 is 23.5 Å². The molecule has 1 saturated heterocycles. The highest BCUT2D eigenvalue weighted by Gasteiger charge is 2.42. The summed E-state index contributed by atoms with van der Waals surface area (Å²) < 4.78 is 17.4. The maximum atomic E-state index is 12.9. The van der Waals surface area contributed by atoms with Gasteiger partial charge in [0.2, 0.25) is 5.91 Å². The molecule has 1 aromatic carbocycles. The van der Waals surface area contributed by atoms with E-state index in [4.69, 9.17) is 0 Å². The van der Waals surface area contributed by atoms with Crippen LogP contribution in [0.1, 0.15) is 6.42 Å². The Bertz CT molecular complexity index is 573. The summed E-state index contributed by atoms with van der Waals surface area (Å²) in [7, 11) is 2.82. The standard InChI is InChI=1S/C14H15FN2O4/c1-16(8-13(19)21-2)11-7-12(18)17(14(11)20)10-5-3-9(15)4-6-10/h3-6,11H,7-8H2,1-2H3. The van der Waals surface area contributed by atoms with E-state index < -0.39 is 23.7 Å². The van der Waals surface area contributed by atoms with Gasteiger partial charge in [-0.15, -0.1) is 0 Å². The Labute approximate surface area is 121 Å². The van der Waals surface area contributed by atoms with Gasteiger partial charge in [0.1, 0.15) is 5.82 Å². The number of carbonyl (C=O) groups excluding carboxylic acids is 3. The molecule has 1 aliphatic heterocycles. The number of methoxy groups -OCH3 is 1. The summed E-state index contributed by atoms with van der Waals surface area (Å²) in [6.45, 7) is -0.0859. The molecule has 0 spiro atoms. The first kappa shape index (κ1) is 15.1. The van der Waals surface area contributed by atoms with E-state index >= 15 is 0 Å². The Morgan fingerprint density at radius 2 is 2.00 bits per heavy atom.